The minimum atomic E-state index is -3.84. The minimum Gasteiger partial charge on any atom is -0.478 e. The first-order valence-corrected chi connectivity index (χ1v) is 7.69. The van der Waals surface area contributed by atoms with Gasteiger partial charge in [-0.2, -0.15) is 0 Å². The van der Waals surface area contributed by atoms with Crippen molar-refractivity contribution in [1.29, 1.82) is 0 Å². The van der Waals surface area contributed by atoms with Crippen molar-refractivity contribution in [3.8, 4) is 0 Å². The highest BCUT2D eigenvalue weighted by molar-refractivity contribution is 7.89. The number of sulfonamides is 1. The molecule has 0 aliphatic rings. The number of rotatable bonds is 6. The Morgan fingerprint density at radius 2 is 1.90 bits per heavy atom. The Morgan fingerprint density at radius 3 is 2.40 bits per heavy atom. The third-order valence-corrected chi connectivity index (χ3v) is 4.59. The van der Waals surface area contributed by atoms with Gasteiger partial charge >= 0.3 is 5.97 Å². The zero-order valence-corrected chi connectivity index (χ0v) is 12.5. The summed E-state index contributed by atoms with van der Waals surface area (Å²) < 4.78 is 26.6. The highest BCUT2D eigenvalue weighted by Gasteiger charge is 2.21. The fraction of sp³-hybridized carbons (Fsp3) is 0.462. The Labute approximate surface area is 118 Å². The topological polar surface area (TPSA) is 104 Å². The first kappa shape index (κ1) is 16.6. The fourth-order valence-electron chi connectivity index (χ4n) is 1.78. The minimum absolute atomic E-state index is 0.0491. The molecule has 6 nitrogen and oxygen atoms in total. The molecule has 0 aliphatic heterocycles. The van der Waals surface area contributed by atoms with Gasteiger partial charge in [-0.15, -0.1) is 0 Å². The molecule has 1 aromatic carbocycles. The Balaban J connectivity index is 3.18. The predicted octanol–water partition coefficient (Wildman–Crippen LogP) is 1.05. The normalized spacial score (nSPS) is 13.2. The van der Waals surface area contributed by atoms with E-state index < -0.39 is 22.1 Å². The van der Waals surface area contributed by atoms with E-state index in [1.54, 1.807) is 20.8 Å². The van der Waals surface area contributed by atoms with Crippen LogP contribution in [0.15, 0.2) is 17.0 Å². The SMILES string of the molecule is CCC(O)CNS(=O)(=O)c1cc(C(=O)O)c(C)cc1C. The number of aryl methyl sites for hydroxylation is 2. The van der Waals surface area contributed by atoms with Gasteiger partial charge < -0.3 is 10.2 Å². The summed E-state index contributed by atoms with van der Waals surface area (Å²) in [5.41, 5.74) is 0.917. The first-order valence-electron chi connectivity index (χ1n) is 6.21. The summed E-state index contributed by atoms with van der Waals surface area (Å²) >= 11 is 0. The zero-order valence-electron chi connectivity index (χ0n) is 11.7. The molecule has 1 rings (SSSR count). The average Bonchev–Trinajstić information content (AvgIpc) is 2.35. The lowest BCUT2D eigenvalue weighted by molar-refractivity contribution is 0.0696. The van der Waals surface area contributed by atoms with E-state index in [0.29, 0.717) is 17.5 Å². The summed E-state index contributed by atoms with van der Waals surface area (Å²) in [4.78, 5) is 11.0. The van der Waals surface area contributed by atoms with Crippen molar-refractivity contribution in [2.75, 3.05) is 6.54 Å². The monoisotopic (exact) mass is 301 g/mol. The maximum absolute atomic E-state index is 12.1. The smallest absolute Gasteiger partial charge is 0.335 e. The lowest BCUT2D eigenvalue weighted by atomic mass is 10.1. The molecule has 0 bridgehead atoms. The van der Waals surface area contributed by atoms with Crippen molar-refractivity contribution in [3.05, 3.63) is 28.8 Å². The third-order valence-electron chi connectivity index (χ3n) is 3.02. The van der Waals surface area contributed by atoms with Gasteiger partial charge in [-0.05, 0) is 37.5 Å². The van der Waals surface area contributed by atoms with Gasteiger partial charge in [-0.1, -0.05) is 13.0 Å². The van der Waals surface area contributed by atoms with E-state index in [1.165, 1.54) is 6.07 Å². The van der Waals surface area contributed by atoms with E-state index in [-0.39, 0.29) is 17.0 Å². The fourth-order valence-corrected chi connectivity index (χ4v) is 3.10. The van der Waals surface area contributed by atoms with Crippen molar-refractivity contribution >= 4 is 16.0 Å². The summed E-state index contributed by atoms with van der Waals surface area (Å²) in [5, 5.41) is 18.5. The van der Waals surface area contributed by atoms with Gasteiger partial charge in [0.25, 0.3) is 0 Å². The molecule has 7 heteroatoms. The number of benzene rings is 1. The molecule has 0 amide bonds. The standard InChI is InChI=1S/C13H19NO5S/c1-4-10(15)7-14-20(18,19)12-6-11(13(16)17)8(2)5-9(12)3/h5-6,10,14-15H,4,7H2,1-3H3,(H,16,17). The van der Waals surface area contributed by atoms with Gasteiger partial charge in [0.15, 0.2) is 0 Å². The van der Waals surface area contributed by atoms with E-state index in [1.807, 2.05) is 0 Å². The zero-order chi connectivity index (χ0) is 15.5. The Hall–Kier alpha value is -1.44. The number of aliphatic hydroxyl groups excluding tert-OH is 1. The molecular formula is C13H19NO5S. The summed E-state index contributed by atoms with van der Waals surface area (Å²) in [6.07, 6.45) is -0.343. The molecule has 0 aliphatic carbocycles. The van der Waals surface area contributed by atoms with Crippen molar-refractivity contribution in [3.63, 3.8) is 0 Å². The number of hydrogen-bond acceptors (Lipinski definition) is 4. The summed E-state index contributed by atoms with van der Waals surface area (Å²) in [7, 11) is -3.84. The molecule has 3 N–H and O–H groups in total. The van der Waals surface area contributed by atoms with Gasteiger partial charge in [-0.3, -0.25) is 0 Å². The quantitative estimate of drug-likeness (QED) is 0.728. The molecule has 0 heterocycles. The maximum Gasteiger partial charge on any atom is 0.335 e. The second-order valence-corrected chi connectivity index (χ2v) is 6.39. The van der Waals surface area contributed by atoms with Gasteiger partial charge in [0.05, 0.1) is 16.6 Å². The van der Waals surface area contributed by atoms with Crippen LogP contribution in [-0.2, 0) is 10.0 Å². The molecule has 0 radical (unpaired) electrons. The van der Waals surface area contributed by atoms with Crippen LogP contribution in [0.2, 0.25) is 0 Å². The number of carbonyl (C=O) groups is 1. The molecule has 0 aromatic heterocycles. The largest absolute Gasteiger partial charge is 0.478 e. The predicted molar refractivity (Wildman–Crippen MR) is 74.4 cm³/mol. The summed E-state index contributed by atoms with van der Waals surface area (Å²) in [6, 6.07) is 2.67. The molecular weight excluding hydrogens is 282 g/mol. The van der Waals surface area contributed by atoms with Crippen molar-refractivity contribution in [2.45, 2.75) is 38.2 Å². The molecule has 1 aromatic rings. The summed E-state index contributed by atoms with van der Waals surface area (Å²) in [6.45, 7) is 4.84. The van der Waals surface area contributed by atoms with E-state index in [2.05, 4.69) is 4.72 Å². The molecule has 0 saturated carbocycles. The lowest BCUT2D eigenvalue weighted by Crippen LogP contribution is -2.32. The Morgan fingerprint density at radius 1 is 1.30 bits per heavy atom. The number of nitrogens with one attached hydrogen (secondary N) is 1. The number of hydrogen-bond donors (Lipinski definition) is 3. The molecule has 112 valence electrons. The van der Waals surface area contributed by atoms with E-state index in [4.69, 9.17) is 5.11 Å². The number of carboxylic acids is 1. The Bertz CT molecular complexity index is 609. The van der Waals surface area contributed by atoms with E-state index in [9.17, 15) is 18.3 Å². The molecule has 20 heavy (non-hydrogen) atoms. The number of aliphatic hydroxyl groups is 1. The molecule has 0 spiro atoms. The lowest BCUT2D eigenvalue weighted by Gasteiger charge is -2.13. The van der Waals surface area contributed by atoms with Crippen LogP contribution >= 0.6 is 0 Å². The number of carboxylic acid groups (broad SMARTS) is 1. The van der Waals surface area contributed by atoms with Crippen LogP contribution in [0.25, 0.3) is 0 Å². The van der Waals surface area contributed by atoms with Crippen LogP contribution in [0.3, 0.4) is 0 Å². The highest BCUT2D eigenvalue weighted by Crippen LogP contribution is 2.20. The third kappa shape index (κ3) is 3.78. The first-order chi connectivity index (χ1) is 9.19. The second kappa shape index (κ2) is 6.34. The van der Waals surface area contributed by atoms with Crippen LogP contribution in [0.5, 0.6) is 0 Å². The van der Waals surface area contributed by atoms with Crippen LogP contribution in [0.4, 0.5) is 0 Å². The van der Waals surface area contributed by atoms with Crippen molar-refractivity contribution in [2.24, 2.45) is 0 Å². The van der Waals surface area contributed by atoms with Crippen LogP contribution in [-0.4, -0.2) is 37.2 Å². The summed E-state index contributed by atoms with van der Waals surface area (Å²) in [5.74, 6) is -1.17. The highest BCUT2D eigenvalue weighted by atomic mass is 32.2. The Kier molecular flexibility index (Phi) is 5.27. The number of aromatic carboxylic acids is 1. The van der Waals surface area contributed by atoms with E-state index in [0.717, 1.165) is 6.07 Å². The van der Waals surface area contributed by atoms with Crippen molar-refractivity contribution in [1.82, 2.24) is 4.72 Å². The molecule has 1 unspecified atom stereocenters. The molecule has 1 atom stereocenters. The van der Waals surface area contributed by atoms with Crippen LogP contribution in [0, 0.1) is 13.8 Å². The average molecular weight is 301 g/mol. The maximum atomic E-state index is 12.1. The van der Waals surface area contributed by atoms with Gasteiger partial charge in [0, 0.05) is 6.54 Å². The van der Waals surface area contributed by atoms with Gasteiger partial charge in [0.2, 0.25) is 10.0 Å². The van der Waals surface area contributed by atoms with Gasteiger partial charge in [-0.25, -0.2) is 17.9 Å². The second-order valence-electron chi connectivity index (χ2n) is 4.65. The van der Waals surface area contributed by atoms with E-state index >= 15 is 0 Å². The molecule has 0 fully saturated rings. The van der Waals surface area contributed by atoms with Crippen LogP contribution < -0.4 is 4.72 Å². The molecule has 0 saturated heterocycles. The van der Waals surface area contributed by atoms with Gasteiger partial charge in [0.1, 0.15) is 0 Å². The van der Waals surface area contributed by atoms with Crippen molar-refractivity contribution < 1.29 is 23.4 Å². The van der Waals surface area contributed by atoms with Crippen LogP contribution in [0.1, 0.15) is 34.8 Å².